The first kappa shape index (κ1) is 36.2. The zero-order valence-corrected chi connectivity index (χ0v) is 3.29. The van der Waals surface area contributed by atoms with E-state index in [-0.39, 0.29) is 159 Å². The normalized spacial score (nSPS) is 6.00. The van der Waals surface area contributed by atoms with Gasteiger partial charge in [0.05, 0.1) is 0 Å². The van der Waals surface area contributed by atoms with Gasteiger partial charge in [-0.05, 0) is 0 Å². The van der Waals surface area contributed by atoms with Crippen molar-refractivity contribution in [3.63, 3.8) is 0 Å². The molecule has 0 aromatic rings. The first-order valence-electron chi connectivity index (χ1n) is 0.894. The van der Waals surface area contributed by atoms with Crippen LogP contribution in [0.2, 0.25) is 0 Å². The maximum atomic E-state index is 7.33. The van der Waals surface area contributed by atoms with Crippen LogP contribution in [-0.2, 0) is 0 Å². The molecule has 0 heterocycles. The Morgan fingerprint density at radius 1 is 0.900 bits per heavy atom. The van der Waals surface area contributed by atoms with Gasteiger partial charge in [-0.1, -0.05) is 0 Å². The van der Waals surface area contributed by atoms with Gasteiger partial charge in [0.15, 0.2) is 17.4 Å². The van der Waals surface area contributed by atoms with Gasteiger partial charge in [0, 0.05) is 0 Å². The van der Waals surface area contributed by atoms with Crippen molar-refractivity contribution in [1.29, 1.82) is 0 Å². The van der Waals surface area contributed by atoms with Crippen molar-refractivity contribution in [3.05, 3.63) is 0 Å². The van der Waals surface area contributed by atoms with E-state index in [0.29, 0.717) is 0 Å². The molecule has 4 N–H and O–H groups in total. The van der Waals surface area contributed by atoms with Crippen molar-refractivity contribution in [2.45, 2.75) is 0 Å². The van der Waals surface area contributed by atoms with Crippen LogP contribution in [0.3, 0.4) is 0 Å². The Balaban J connectivity index is -0.00000000800. The summed E-state index contributed by atoms with van der Waals surface area (Å²) < 4.78 is 0. The average Bonchev–Trinajstić information content (AvgIpc) is 0.722. The van der Waals surface area contributed by atoms with Crippen LogP contribution in [0.1, 0.15) is 0 Å². The third-order valence-corrected chi connectivity index (χ3v) is 0. The van der Waals surface area contributed by atoms with Crippen LogP contribution in [0.25, 0.3) is 0 Å². The van der Waals surface area contributed by atoms with Crippen molar-refractivity contribution >= 4 is 168 Å². The zero-order valence-electron chi connectivity index (χ0n) is 2.29. The van der Waals surface area contributed by atoms with E-state index >= 15 is 0 Å². The van der Waals surface area contributed by atoms with Crippen LogP contribution >= 0.6 is 0 Å². The van der Waals surface area contributed by atoms with Crippen molar-refractivity contribution in [1.82, 2.24) is 0 Å². The summed E-state index contributed by atoms with van der Waals surface area (Å²) in [6, 6.07) is 0. The Morgan fingerprint density at radius 2 is 0.900 bits per heavy atom. The van der Waals surface area contributed by atoms with Gasteiger partial charge in [0.1, 0.15) is 0 Å². The fourth-order valence-electron chi connectivity index (χ4n) is 0. The van der Waals surface area contributed by atoms with E-state index < -0.39 is 9.05 Å². The molecule has 10 heavy (non-hydrogen) atoms. The van der Waals surface area contributed by atoms with Crippen LogP contribution in [0, 0.1) is 0 Å². The zero-order chi connectivity index (χ0) is 4.50. The minimum absolute atomic E-state index is 0. The average molecular weight is 259 g/mol. The van der Waals surface area contributed by atoms with Crippen molar-refractivity contribution in [2.75, 3.05) is 0 Å². The molecule has 0 saturated heterocycles. The summed E-state index contributed by atoms with van der Waals surface area (Å²) in [4.78, 5) is 29.3. The third-order valence-electron chi connectivity index (χ3n) is 0. The van der Waals surface area contributed by atoms with Gasteiger partial charge in [-0.3, -0.25) is 0 Å². The molecule has 0 unspecified atom stereocenters. The molecule has 4 nitrogen and oxygen atoms in total. The Hall–Kier alpha value is 5.25. The molecule has 0 atom stereocenters. The predicted molar refractivity (Wildman–Crippen MR) is 56.0 cm³/mol. The van der Waals surface area contributed by atoms with E-state index in [0.717, 1.165) is 0 Å². The molecule has 0 radical (unpaired) electrons. The molecule has 0 aromatic carbocycles. The fraction of sp³-hybridized carbons (Fsp3) is 0. The van der Waals surface area contributed by atoms with Gasteiger partial charge in [-0.2, -0.15) is 0 Å². The van der Waals surface area contributed by atoms with E-state index in [2.05, 4.69) is 0 Å². The van der Waals surface area contributed by atoms with E-state index in [1.54, 1.807) is 0 Å². The molecular weight excluding hydrogens is 246 g/mol. The summed E-state index contributed by atoms with van der Waals surface area (Å²) >= 11 is 0. The minimum atomic E-state index is -4.61. The number of rotatable bonds is 0. The Morgan fingerprint density at radius 3 is 0.900 bits per heavy atom. The van der Waals surface area contributed by atoms with E-state index in [1.807, 2.05) is 0 Å². The number of hydrogen-bond acceptors (Lipinski definition) is 4. The van der Waals surface area contributed by atoms with Gasteiger partial charge < -0.3 is 19.2 Å². The van der Waals surface area contributed by atoms with Gasteiger partial charge in [-0.15, -0.1) is 0 Å². The van der Waals surface area contributed by atoms with E-state index in [4.69, 9.17) is 19.2 Å². The first-order chi connectivity index (χ1) is 2.00. The molecule has 0 fully saturated rings. The Bertz CT molecular complexity index is 40.7. The molecular formula is H13AlCaKMgNaO4Si. The molecule has 0 aliphatic heterocycles. The maximum absolute atomic E-state index is 7.33. The predicted octanol–water partition coefficient (Wildman–Crippen LogP) is -6.92. The molecule has 0 spiro atoms. The van der Waals surface area contributed by atoms with Gasteiger partial charge in [-0.25, -0.2) is 0 Å². The molecule has 0 saturated carbocycles. The summed E-state index contributed by atoms with van der Waals surface area (Å²) in [6.07, 6.45) is 0. The number of hydrogen-bond donors (Lipinski definition) is 4. The van der Waals surface area contributed by atoms with Crippen molar-refractivity contribution in [2.24, 2.45) is 0 Å². The fourth-order valence-corrected chi connectivity index (χ4v) is 0. The quantitative estimate of drug-likeness (QED) is 0.326. The first-order valence-corrected chi connectivity index (χ1v) is 2.68. The van der Waals surface area contributed by atoms with E-state index in [9.17, 15) is 0 Å². The van der Waals surface area contributed by atoms with E-state index in [1.165, 1.54) is 0 Å². The van der Waals surface area contributed by atoms with Crippen LogP contribution in [-0.4, -0.2) is 187 Å². The summed E-state index contributed by atoms with van der Waals surface area (Å²) in [7, 11) is -4.61. The summed E-state index contributed by atoms with van der Waals surface area (Å²) in [5.41, 5.74) is 0. The van der Waals surface area contributed by atoms with Gasteiger partial charge >= 0.3 is 151 Å². The Kier molecular flexibility index (Phi) is 71.5. The molecule has 50 valence electrons. The molecule has 0 bridgehead atoms. The summed E-state index contributed by atoms with van der Waals surface area (Å²) in [6.45, 7) is 0. The molecule has 0 aromatic heterocycles. The standard InChI is InChI=1S/Al.Ca.K.Mg.Na.H4O4Si.9H/c;;;;;1-5(2,3)4;;;;;;;;;/h;;;;;1-4H;;;;;;;;;. The second kappa shape index (κ2) is 19.8. The monoisotopic (exact) mass is 258 g/mol. The van der Waals surface area contributed by atoms with Crippen LogP contribution in [0.5, 0.6) is 0 Å². The van der Waals surface area contributed by atoms with Crippen molar-refractivity contribution in [3.8, 4) is 0 Å². The van der Waals surface area contributed by atoms with Gasteiger partial charge in [0.2, 0.25) is 0 Å². The molecule has 10 heteroatoms. The summed E-state index contributed by atoms with van der Waals surface area (Å²) in [5, 5.41) is 0. The second-order valence-electron chi connectivity index (χ2n) is 0.600. The molecule has 0 aliphatic carbocycles. The topological polar surface area (TPSA) is 80.9 Å². The van der Waals surface area contributed by atoms with Crippen LogP contribution < -0.4 is 0 Å². The van der Waals surface area contributed by atoms with Crippen molar-refractivity contribution < 1.29 is 19.2 Å². The van der Waals surface area contributed by atoms with Gasteiger partial charge in [0.25, 0.3) is 0 Å². The summed E-state index contributed by atoms with van der Waals surface area (Å²) in [5.74, 6) is 0. The third kappa shape index (κ3) is 72.1. The molecule has 0 rings (SSSR count). The molecule has 0 aliphatic rings. The SMILES string of the molecule is O[Si](O)(O)O.[AlH3].[CaH2].[KH].[MgH2].[NaH]. The second-order valence-corrected chi connectivity index (χ2v) is 1.80. The molecule has 0 amide bonds. The Labute approximate surface area is 182 Å². The van der Waals surface area contributed by atoms with Crippen LogP contribution in [0.15, 0.2) is 0 Å². The van der Waals surface area contributed by atoms with Crippen LogP contribution in [0.4, 0.5) is 0 Å².